The van der Waals surface area contributed by atoms with Crippen molar-refractivity contribution in [2.75, 3.05) is 7.05 Å². The van der Waals surface area contributed by atoms with Crippen LogP contribution in [0.4, 0.5) is 4.79 Å². The van der Waals surface area contributed by atoms with Crippen LogP contribution in [0.15, 0.2) is 58.3 Å². The molecule has 1 aliphatic rings. The summed E-state index contributed by atoms with van der Waals surface area (Å²) in [7, 11) is 0.142. The molecule has 1 heterocycles. The second-order valence-electron chi connectivity index (χ2n) is 9.46. The molecule has 0 unspecified atom stereocenters. The number of amides is 1. The van der Waals surface area contributed by atoms with Crippen LogP contribution >= 0.6 is 0 Å². The van der Waals surface area contributed by atoms with E-state index >= 15 is 0 Å². The van der Waals surface area contributed by atoms with Gasteiger partial charge in [0.2, 0.25) is 9.84 Å². The number of rotatable bonds is 3. The van der Waals surface area contributed by atoms with Crippen LogP contribution in [0.5, 0.6) is 0 Å². The lowest BCUT2D eigenvalue weighted by Crippen LogP contribution is -2.44. The summed E-state index contributed by atoms with van der Waals surface area (Å²) in [5.74, 6) is 0. The van der Waals surface area contributed by atoms with E-state index in [2.05, 4.69) is 4.57 Å². The van der Waals surface area contributed by atoms with E-state index in [9.17, 15) is 13.2 Å². The Balaban J connectivity index is 1.68. The van der Waals surface area contributed by atoms with E-state index in [1.807, 2.05) is 33.9 Å². The molecule has 6 nitrogen and oxygen atoms in total. The molecule has 1 aromatic heterocycles. The minimum atomic E-state index is -3.61. The summed E-state index contributed by atoms with van der Waals surface area (Å²) in [6.07, 6.45) is 1.53. The molecule has 0 bridgehead atoms. The number of carbonyl (C=O) groups is 1. The first-order valence-corrected chi connectivity index (χ1v) is 12.3. The zero-order valence-electron chi connectivity index (χ0n) is 19.3. The van der Waals surface area contributed by atoms with Crippen LogP contribution in [-0.2, 0) is 34.5 Å². The van der Waals surface area contributed by atoms with Crippen molar-refractivity contribution in [1.82, 2.24) is 9.47 Å². The van der Waals surface area contributed by atoms with Crippen LogP contribution in [0.3, 0.4) is 0 Å². The zero-order chi connectivity index (χ0) is 23.3. The molecule has 0 aliphatic heterocycles. The van der Waals surface area contributed by atoms with E-state index < -0.39 is 9.84 Å². The molecule has 0 spiro atoms. The molecule has 4 rings (SSSR count). The van der Waals surface area contributed by atoms with E-state index in [-0.39, 0.29) is 27.5 Å². The number of benzene rings is 2. The van der Waals surface area contributed by atoms with Crippen LogP contribution < -0.4 is 0 Å². The molecule has 170 valence electrons. The van der Waals surface area contributed by atoms with Crippen LogP contribution in [0.1, 0.15) is 38.4 Å². The van der Waals surface area contributed by atoms with Crippen molar-refractivity contribution < 1.29 is 17.9 Å². The Morgan fingerprint density at radius 2 is 1.78 bits per heavy atom. The van der Waals surface area contributed by atoms with Gasteiger partial charge in [0.15, 0.2) is 0 Å². The van der Waals surface area contributed by atoms with Gasteiger partial charge in [-0.05, 0) is 69.5 Å². The minimum absolute atomic E-state index is 0.236. The van der Waals surface area contributed by atoms with Gasteiger partial charge in [-0.3, -0.25) is 0 Å². The Labute approximate surface area is 189 Å². The SMILES string of the molecule is CN(C(=O)O[C@@H]1CCc2c(c3cc(S(=O)(=O)c4ccccc4)ccc3n2C)C1)C(C)(C)C. The second-order valence-corrected chi connectivity index (χ2v) is 11.4. The first kappa shape index (κ1) is 22.4. The fraction of sp³-hybridized carbons (Fsp3) is 0.400. The van der Waals surface area contributed by atoms with Gasteiger partial charge in [0.25, 0.3) is 0 Å². The predicted molar refractivity (Wildman–Crippen MR) is 125 cm³/mol. The summed E-state index contributed by atoms with van der Waals surface area (Å²) in [5, 5.41) is 0.907. The number of nitrogens with zero attached hydrogens (tertiary/aromatic N) is 2. The first-order valence-electron chi connectivity index (χ1n) is 10.8. The summed E-state index contributed by atoms with van der Waals surface area (Å²) in [4.78, 5) is 14.8. The van der Waals surface area contributed by atoms with Gasteiger partial charge < -0.3 is 14.2 Å². The number of sulfone groups is 1. The summed E-state index contributed by atoms with van der Waals surface area (Å²) in [6.45, 7) is 5.89. The van der Waals surface area contributed by atoms with Gasteiger partial charge in [0.1, 0.15) is 6.10 Å². The van der Waals surface area contributed by atoms with Crippen molar-refractivity contribution in [2.24, 2.45) is 7.05 Å². The third-order valence-electron chi connectivity index (χ3n) is 6.45. The lowest BCUT2D eigenvalue weighted by Gasteiger charge is -2.33. The number of fused-ring (bicyclic) bond motifs is 3. The molecule has 7 heteroatoms. The van der Waals surface area contributed by atoms with E-state index in [1.54, 1.807) is 54.4 Å². The van der Waals surface area contributed by atoms with Crippen LogP contribution in [-0.4, -0.2) is 42.7 Å². The normalized spacial score (nSPS) is 16.6. The van der Waals surface area contributed by atoms with Gasteiger partial charge in [-0.1, -0.05) is 18.2 Å². The fourth-order valence-electron chi connectivity index (χ4n) is 4.23. The molecule has 1 amide bonds. The highest BCUT2D eigenvalue weighted by Crippen LogP contribution is 2.35. The zero-order valence-corrected chi connectivity index (χ0v) is 20.1. The van der Waals surface area contributed by atoms with Gasteiger partial charge in [0, 0.05) is 42.7 Å². The van der Waals surface area contributed by atoms with Crippen molar-refractivity contribution in [3.63, 3.8) is 0 Å². The lowest BCUT2D eigenvalue weighted by molar-refractivity contribution is 0.0421. The molecule has 1 aliphatic carbocycles. The highest BCUT2D eigenvalue weighted by Gasteiger charge is 2.31. The monoisotopic (exact) mass is 454 g/mol. The maximum atomic E-state index is 13.1. The minimum Gasteiger partial charge on any atom is -0.446 e. The average Bonchev–Trinajstić information content (AvgIpc) is 3.04. The highest BCUT2D eigenvalue weighted by atomic mass is 32.2. The fourth-order valence-corrected chi connectivity index (χ4v) is 5.53. The highest BCUT2D eigenvalue weighted by molar-refractivity contribution is 7.91. The van der Waals surface area contributed by atoms with Crippen molar-refractivity contribution in [3.8, 4) is 0 Å². The van der Waals surface area contributed by atoms with Gasteiger partial charge in [0.05, 0.1) is 9.79 Å². The van der Waals surface area contributed by atoms with Crippen molar-refractivity contribution in [1.29, 1.82) is 0 Å². The molecule has 0 N–H and O–H groups in total. The van der Waals surface area contributed by atoms with Crippen molar-refractivity contribution >= 4 is 26.8 Å². The van der Waals surface area contributed by atoms with Crippen molar-refractivity contribution in [3.05, 3.63) is 59.8 Å². The number of carbonyl (C=O) groups excluding carboxylic acids is 1. The van der Waals surface area contributed by atoms with E-state index in [0.29, 0.717) is 6.42 Å². The van der Waals surface area contributed by atoms with Gasteiger partial charge in [-0.2, -0.15) is 0 Å². The maximum absolute atomic E-state index is 13.1. The summed E-state index contributed by atoms with van der Waals surface area (Å²) >= 11 is 0. The Hall–Kier alpha value is -2.80. The molecule has 32 heavy (non-hydrogen) atoms. The smallest absolute Gasteiger partial charge is 0.410 e. The van der Waals surface area contributed by atoms with E-state index in [4.69, 9.17) is 4.74 Å². The Bertz CT molecular complexity index is 1270. The predicted octanol–water partition coefficient (Wildman–Crippen LogP) is 4.74. The van der Waals surface area contributed by atoms with Crippen LogP contribution in [0.2, 0.25) is 0 Å². The third-order valence-corrected chi connectivity index (χ3v) is 8.22. The van der Waals surface area contributed by atoms with Gasteiger partial charge in [-0.25, -0.2) is 13.2 Å². The first-order chi connectivity index (χ1) is 15.0. The molecular formula is C25H30N2O4S. The standard InChI is InChI=1S/C25H30N2O4S/c1-25(2,3)27(5)24(28)31-17-11-13-22-20(15-17)21-16-19(12-14-23(21)26(22)4)32(29,30)18-9-7-6-8-10-18/h6-10,12,14,16-17H,11,13,15H2,1-5H3/t17-/m1/s1. The molecule has 0 saturated carbocycles. The largest absolute Gasteiger partial charge is 0.446 e. The molecule has 1 atom stereocenters. The number of aryl methyl sites for hydroxylation is 1. The Kier molecular flexibility index (Phi) is 5.57. The number of hydrogen-bond donors (Lipinski definition) is 0. The Morgan fingerprint density at radius 3 is 2.44 bits per heavy atom. The van der Waals surface area contributed by atoms with Crippen LogP contribution in [0.25, 0.3) is 10.9 Å². The lowest BCUT2D eigenvalue weighted by atomic mass is 9.93. The van der Waals surface area contributed by atoms with Crippen molar-refractivity contribution in [2.45, 2.75) is 61.5 Å². The van der Waals surface area contributed by atoms with Gasteiger partial charge in [-0.15, -0.1) is 0 Å². The second kappa shape index (κ2) is 7.96. The molecule has 0 fully saturated rings. The summed E-state index contributed by atoms with van der Waals surface area (Å²) in [5.41, 5.74) is 2.90. The summed E-state index contributed by atoms with van der Waals surface area (Å²) in [6, 6.07) is 13.8. The molecule has 2 aromatic carbocycles. The molecule has 3 aromatic rings. The van der Waals surface area contributed by atoms with E-state index in [1.165, 1.54) is 5.69 Å². The van der Waals surface area contributed by atoms with Crippen LogP contribution in [0, 0.1) is 0 Å². The molecule has 0 radical (unpaired) electrons. The molecule has 0 saturated heterocycles. The van der Waals surface area contributed by atoms with Gasteiger partial charge >= 0.3 is 6.09 Å². The number of aromatic nitrogens is 1. The maximum Gasteiger partial charge on any atom is 0.410 e. The summed E-state index contributed by atoms with van der Waals surface area (Å²) < 4.78 is 34.2. The average molecular weight is 455 g/mol. The topological polar surface area (TPSA) is 68.6 Å². The molecular weight excluding hydrogens is 424 g/mol. The Morgan fingerprint density at radius 1 is 1.09 bits per heavy atom. The third kappa shape index (κ3) is 3.90. The number of ether oxygens (including phenoxy) is 1. The quantitative estimate of drug-likeness (QED) is 0.573. The van der Waals surface area contributed by atoms with E-state index in [0.717, 1.165) is 29.3 Å². The number of hydrogen-bond acceptors (Lipinski definition) is 4.